The third kappa shape index (κ3) is 6.24. The molecule has 28 heavy (non-hydrogen) atoms. The Balaban J connectivity index is 1.34. The highest BCUT2D eigenvalue weighted by molar-refractivity contribution is 5.77. The van der Waals surface area contributed by atoms with Crippen LogP contribution in [-0.2, 0) is 4.79 Å². The molecule has 0 aliphatic carbocycles. The number of benzene rings is 1. The molecular formula is C20H22N6O2. The van der Waals surface area contributed by atoms with E-state index in [-0.39, 0.29) is 12.5 Å². The molecule has 0 atom stereocenters. The molecule has 0 saturated heterocycles. The largest absolute Gasteiger partial charge is 0.484 e. The monoisotopic (exact) mass is 378 g/mol. The second kappa shape index (κ2) is 9.86. The van der Waals surface area contributed by atoms with Crippen LogP contribution in [0.4, 0.5) is 17.5 Å². The number of pyridine rings is 1. The van der Waals surface area contributed by atoms with Gasteiger partial charge in [0.05, 0.1) is 0 Å². The van der Waals surface area contributed by atoms with Crippen molar-refractivity contribution in [1.82, 2.24) is 20.5 Å². The fraction of sp³-hybridized carbons (Fsp3) is 0.200. The van der Waals surface area contributed by atoms with Gasteiger partial charge in [0.1, 0.15) is 17.4 Å². The zero-order chi connectivity index (χ0) is 19.6. The van der Waals surface area contributed by atoms with Crippen LogP contribution in [0.5, 0.6) is 5.75 Å². The van der Waals surface area contributed by atoms with Gasteiger partial charge in [-0.2, -0.15) is 0 Å². The summed E-state index contributed by atoms with van der Waals surface area (Å²) in [6.45, 7) is 2.94. The van der Waals surface area contributed by atoms with Gasteiger partial charge in [-0.3, -0.25) is 4.79 Å². The number of para-hydroxylation sites is 1. The lowest BCUT2D eigenvalue weighted by atomic mass is 10.3. The topological polar surface area (TPSA) is 101 Å². The van der Waals surface area contributed by atoms with Crippen LogP contribution < -0.4 is 20.7 Å². The number of nitrogens with one attached hydrogen (secondary N) is 3. The number of ether oxygens (including phenoxy) is 1. The minimum absolute atomic E-state index is 0.0166. The van der Waals surface area contributed by atoms with Crippen LogP contribution >= 0.6 is 0 Å². The van der Waals surface area contributed by atoms with E-state index in [1.807, 2.05) is 49.4 Å². The van der Waals surface area contributed by atoms with Gasteiger partial charge in [0, 0.05) is 19.3 Å². The molecule has 2 heterocycles. The van der Waals surface area contributed by atoms with Gasteiger partial charge in [-0.05, 0) is 42.8 Å². The van der Waals surface area contributed by atoms with Crippen molar-refractivity contribution in [2.24, 2.45) is 0 Å². The molecule has 8 heteroatoms. The molecule has 0 aliphatic heterocycles. The Hall–Kier alpha value is -3.68. The maximum absolute atomic E-state index is 11.8. The summed E-state index contributed by atoms with van der Waals surface area (Å²) in [5.41, 5.74) is 1.09. The molecule has 0 saturated carbocycles. The Bertz CT molecular complexity index is 869. The van der Waals surface area contributed by atoms with Crippen LogP contribution in [0.25, 0.3) is 0 Å². The molecule has 0 radical (unpaired) electrons. The van der Waals surface area contributed by atoms with Crippen LogP contribution in [0.1, 0.15) is 5.56 Å². The lowest BCUT2D eigenvalue weighted by Gasteiger charge is -2.09. The van der Waals surface area contributed by atoms with Gasteiger partial charge in [0.25, 0.3) is 5.91 Å². The Morgan fingerprint density at radius 1 is 0.929 bits per heavy atom. The van der Waals surface area contributed by atoms with Crippen LogP contribution in [0.15, 0.2) is 60.8 Å². The molecule has 0 fully saturated rings. The summed E-state index contributed by atoms with van der Waals surface area (Å²) in [6, 6.07) is 16.7. The fourth-order valence-corrected chi connectivity index (χ4v) is 2.28. The predicted molar refractivity (Wildman–Crippen MR) is 108 cm³/mol. The van der Waals surface area contributed by atoms with E-state index in [9.17, 15) is 4.79 Å². The molecule has 0 bridgehead atoms. The number of hydrogen-bond donors (Lipinski definition) is 3. The highest BCUT2D eigenvalue weighted by Gasteiger charge is 2.03. The molecular weight excluding hydrogens is 356 g/mol. The SMILES string of the molecule is Cc1ccc(Nc2ccc(NCCNC(=O)COc3ccccc3)nn2)nc1. The first-order valence-electron chi connectivity index (χ1n) is 8.91. The number of rotatable bonds is 9. The standard InChI is InChI=1S/C20H22N6O2/c1-15-7-8-17(23-13-15)24-19-10-9-18(25-26-19)21-11-12-22-20(27)14-28-16-5-3-2-4-6-16/h2-10,13H,11-12,14H2,1H3,(H,21,25)(H,22,27)(H,23,24,26). The Kier molecular flexibility index (Phi) is 6.73. The van der Waals surface area contributed by atoms with Crippen molar-refractivity contribution in [1.29, 1.82) is 0 Å². The molecule has 0 aliphatic rings. The molecule has 3 aromatic rings. The smallest absolute Gasteiger partial charge is 0.258 e. The van der Waals surface area contributed by atoms with Crippen LogP contribution in [0, 0.1) is 6.92 Å². The normalized spacial score (nSPS) is 10.2. The summed E-state index contributed by atoms with van der Waals surface area (Å²) in [5.74, 6) is 2.42. The van der Waals surface area contributed by atoms with Crippen molar-refractivity contribution in [2.75, 3.05) is 30.3 Å². The minimum Gasteiger partial charge on any atom is -0.484 e. The van der Waals surface area contributed by atoms with E-state index in [2.05, 4.69) is 31.1 Å². The lowest BCUT2D eigenvalue weighted by Crippen LogP contribution is -2.32. The number of nitrogens with zero attached hydrogens (tertiary/aromatic N) is 3. The molecule has 0 spiro atoms. The third-order valence-corrected chi connectivity index (χ3v) is 3.70. The molecule has 3 N–H and O–H groups in total. The van der Waals surface area contributed by atoms with E-state index in [0.717, 1.165) is 5.56 Å². The molecule has 2 aromatic heterocycles. The number of aryl methyl sites for hydroxylation is 1. The second-order valence-electron chi connectivity index (χ2n) is 6.03. The number of anilines is 3. The van der Waals surface area contributed by atoms with Crippen LogP contribution in [-0.4, -0.2) is 40.8 Å². The van der Waals surface area contributed by atoms with E-state index >= 15 is 0 Å². The average molecular weight is 378 g/mol. The van der Waals surface area contributed by atoms with E-state index in [0.29, 0.717) is 36.3 Å². The van der Waals surface area contributed by atoms with Crippen molar-refractivity contribution >= 4 is 23.4 Å². The Morgan fingerprint density at radius 3 is 2.39 bits per heavy atom. The summed E-state index contributed by atoms with van der Waals surface area (Å²) < 4.78 is 5.38. The predicted octanol–water partition coefficient (Wildman–Crippen LogP) is 2.53. The summed E-state index contributed by atoms with van der Waals surface area (Å²) >= 11 is 0. The van der Waals surface area contributed by atoms with Crippen LogP contribution in [0.3, 0.4) is 0 Å². The zero-order valence-corrected chi connectivity index (χ0v) is 15.6. The maximum atomic E-state index is 11.8. The van der Waals surface area contributed by atoms with Gasteiger partial charge >= 0.3 is 0 Å². The average Bonchev–Trinajstić information content (AvgIpc) is 2.73. The van der Waals surface area contributed by atoms with E-state index in [4.69, 9.17) is 4.74 Å². The molecule has 1 amide bonds. The van der Waals surface area contributed by atoms with Gasteiger partial charge in [0.15, 0.2) is 12.4 Å². The highest BCUT2D eigenvalue weighted by atomic mass is 16.5. The van der Waals surface area contributed by atoms with Crippen molar-refractivity contribution in [2.45, 2.75) is 6.92 Å². The Morgan fingerprint density at radius 2 is 1.68 bits per heavy atom. The molecule has 0 unspecified atom stereocenters. The number of amides is 1. The van der Waals surface area contributed by atoms with Crippen molar-refractivity contribution in [3.8, 4) is 5.75 Å². The third-order valence-electron chi connectivity index (χ3n) is 3.70. The molecule has 144 valence electrons. The first kappa shape index (κ1) is 19.1. The molecule has 1 aromatic carbocycles. The zero-order valence-electron chi connectivity index (χ0n) is 15.6. The lowest BCUT2D eigenvalue weighted by molar-refractivity contribution is -0.123. The van der Waals surface area contributed by atoms with Gasteiger partial charge in [0.2, 0.25) is 0 Å². The van der Waals surface area contributed by atoms with Crippen molar-refractivity contribution < 1.29 is 9.53 Å². The summed E-state index contributed by atoms with van der Waals surface area (Å²) in [6.07, 6.45) is 1.78. The van der Waals surface area contributed by atoms with Gasteiger partial charge in [-0.15, -0.1) is 10.2 Å². The number of carbonyl (C=O) groups excluding carboxylic acids is 1. The van der Waals surface area contributed by atoms with Crippen molar-refractivity contribution in [3.05, 3.63) is 66.4 Å². The minimum atomic E-state index is -0.179. The number of aromatic nitrogens is 3. The van der Waals surface area contributed by atoms with Crippen LogP contribution in [0.2, 0.25) is 0 Å². The quantitative estimate of drug-likeness (QED) is 0.492. The highest BCUT2D eigenvalue weighted by Crippen LogP contribution is 2.12. The first-order chi connectivity index (χ1) is 13.7. The van der Waals surface area contributed by atoms with Crippen molar-refractivity contribution in [3.63, 3.8) is 0 Å². The van der Waals surface area contributed by atoms with E-state index in [1.54, 1.807) is 18.3 Å². The Labute approximate surface area is 163 Å². The summed E-state index contributed by atoms with van der Waals surface area (Å²) in [4.78, 5) is 16.0. The second-order valence-corrected chi connectivity index (χ2v) is 6.03. The fourth-order valence-electron chi connectivity index (χ4n) is 2.28. The maximum Gasteiger partial charge on any atom is 0.258 e. The van der Waals surface area contributed by atoms with Gasteiger partial charge in [-0.1, -0.05) is 24.3 Å². The summed E-state index contributed by atoms with van der Waals surface area (Å²) in [7, 11) is 0. The summed E-state index contributed by atoms with van der Waals surface area (Å²) in [5, 5.41) is 17.2. The number of hydrogen-bond acceptors (Lipinski definition) is 7. The number of carbonyl (C=O) groups is 1. The van der Waals surface area contributed by atoms with E-state index < -0.39 is 0 Å². The van der Waals surface area contributed by atoms with Gasteiger partial charge in [-0.25, -0.2) is 4.98 Å². The van der Waals surface area contributed by atoms with Gasteiger partial charge < -0.3 is 20.7 Å². The molecule has 3 rings (SSSR count). The first-order valence-corrected chi connectivity index (χ1v) is 8.91. The van der Waals surface area contributed by atoms with E-state index in [1.165, 1.54) is 0 Å². The molecule has 8 nitrogen and oxygen atoms in total.